The topological polar surface area (TPSA) is 43.9 Å². The Morgan fingerprint density at radius 1 is 0.765 bits per heavy atom. The molecule has 0 bridgehead atoms. The molecular formula is C30H27N3O. The van der Waals surface area contributed by atoms with Crippen molar-refractivity contribution in [2.45, 2.75) is 39.5 Å². The summed E-state index contributed by atoms with van der Waals surface area (Å²) in [5, 5.41) is 2.08. The summed E-state index contributed by atoms with van der Waals surface area (Å²) in [6, 6.07) is 25.4. The normalized spacial score (nSPS) is 12.1. The van der Waals surface area contributed by atoms with Crippen LogP contribution in [-0.2, 0) is 0 Å². The highest BCUT2D eigenvalue weighted by molar-refractivity contribution is 6.05. The Morgan fingerprint density at radius 2 is 1.53 bits per heavy atom. The third-order valence-electron chi connectivity index (χ3n) is 6.63. The maximum absolute atomic E-state index is 5.98. The highest BCUT2D eigenvalue weighted by atomic mass is 16.3. The second-order valence-electron chi connectivity index (χ2n) is 9.52. The number of rotatable bonds is 4. The van der Waals surface area contributed by atoms with Gasteiger partial charge in [-0.05, 0) is 65.4 Å². The van der Waals surface area contributed by atoms with Gasteiger partial charge in [0, 0.05) is 22.5 Å². The van der Waals surface area contributed by atoms with Gasteiger partial charge in [-0.3, -0.25) is 4.57 Å². The summed E-state index contributed by atoms with van der Waals surface area (Å²) in [5.74, 6) is 1.71. The van der Waals surface area contributed by atoms with Crippen molar-refractivity contribution in [3.05, 3.63) is 90.1 Å². The number of nitrogens with zero attached hydrogens (tertiary/aromatic N) is 3. The highest BCUT2D eigenvalue weighted by Crippen LogP contribution is 2.38. The minimum atomic E-state index is 0.383. The number of aromatic nitrogens is 3. The number of benzene rings is 3. The Bertz CT molecular complexity index is 1640. The van der Waals surface area contributed by atoms with Gasteiger partial charge >= 0.3 is 0 Å². The minimum absolute atomic E-state index is 0.383. The van der Waals surface area contributed by atoms with Gasteiger partial charge in [-0.1, -0.05) is 58.0 Å². The van der Waals surface area contributed by atoms with E-state index in [1.807, 2.05) is 12.1 Å². The second kappa shape index (κ2) is 7.84. The molecule has 3 aromatic heterocycles. The molecule has 34 heavy (non-hydrogen) atoms. The first kappa shape index (κ1) is 20.7. The van der Waals surface area contributed by atoms with Crippen molar-refractivity contribution in [3.63, 3.8) is 0 Å². The average Bonchev–Trinajstić information content (AvgIpc) is 3.41. The minimum Gasteiger partial charge on any atom is -0.438 e. The van der Waals surface area contributed by atoms with E-state index in [0.717, 1.165) is 38.8 Å². The molecule has 4 heteroatoms. The van der Waals surface area contributed by atoms with Crippen LogP contribution >= 0.6 is 0 Å². The molecule has 168 valence electrons. The molecule has 0 spiro atoms. The number of pyridine rings is 1. The summed E-state index contributed by atoms with van der Waals surface area (Å²) in [6.07, 6.45) is 1.77. The smallest absolute Gasteiger partial charge is 0.227 e. The number of furan rings is 1. The second-order valence-corrected chi connectivity index (χ2v) is 9.52. The van der Waals surface area contributed by atoms with Crippen molar-refractivity contribution < 1.29 is 4.42 Å². The molecule has 0 N–H and O–H groups in total. The van der Waals surface area contributed by atoms with E-state index in [4.69, 9.17) is 9.40 Å². The summed E-state index contributed by atoms with van der Waals surface area (Å²) in [7, 11) is 0. The Hall–Kier alpha value is -3.92. The Labute approximate surface area is 198 Å². The molecule has 3 aromatic carbocycles. The summed E-state index contributed by atoms with van der Waals surface area (Å²) in [5.41, 5.74) is 8.57. The molecule has 0 aliphatic rings. The maximum atomic E-state index is 5.98. The Balaban J connectivity index is 1.71. The zero-order chi connectivity index (χ0) is 23.4. The molecule has 0 radical (unpaired) electrons. The van der Waals surface area contributed by atoms with Crippen LogP contribution in [0.3, 0.4) is 0 Å². The molecule has 0 aliphatic heterocycles. The van der Waals surface area contributed by atoms with Crippen molar-refractivity contribution >= 4 is 33.1 Å². The van der Waals surface area contributed by atoms with E-state index in [1.165, 1.54) is 16.8 Å². The predicted molar refractivity (Wildman–Crippen MR) is 140 cm³/mol. The average molecular weight is 446 g/mol. The largest absolute Gasteiger partial charge is 0.438 e. The van der Waals surface area contributed by atoms with E-state index in [2.05, 4.69) is 97.9 Å². The third kappa shape index (κ3) is 3.13. The predicted octanol–water partition coefficient (Wildman–Crippen LogP) is 8.23. The lowest BCUT2D eigenvalue weighted by Crippen LogP contribution is -2.08. The lowest BCUT2D eigenvalue weighted by molar-refractivity contribution is 0.654. The summed E-state index contributed by atoms with van der Waals surface area (Å²) in [4.78, 5) is 9.54. The molecule has 0 saturated carbocycles. The van der Waals surface area contributed by atoms with E-state index in [-0.39, 0.29) is 0 Å². The summed E-state index contributed by atoms with van der Waals surface area (Å²) in [6.45, 7) is 9.05. The first-order valence-corrected chi connectivity index (χ1v) is 11.9. The summed E-state index contributed by atoms with van der Waals surface area (Å²) < 4.78 is 8.34. The van der Waals surface area contributed by atoms with Gasteiger partial charge in [0.05, 0.1) is 16.7 Å². The van der Waals surface area contributed by atoms with E-state index >= 15 is 0 Å². The molecule has 0 aliphatic carbocycles. The van der Waals surface area contributed by atoms with Crippen LogP contribution in [0.4, 0.5) is 0 Å². The number of hydrogen-bond donors (Lipinski definition) is 0. The van der Waals surface area contributed by atoms with Gasteiger partial charge in [0.2, 0.25) is 5.71 Å². The van der Waals surface area contributed by atoms with Gasteiger partial charge in [0.15, 0.2) is 0 Å². The fourth-order valence-electron chi connectivity index (χ4n) is 4.97. The van der Waals surface area contributed by atoms with Crippen molar-refractivity contribution in [2.75, 3.05) is 0 Å². The standard InChI is InChI=1S/C30H27N3O/c1-18(2)21-9-7-10-22(19(3)4)28(21)33-26-13-6-5-12-25(26)32-29(33)20-14-15-27-24(17-20)23-11-8-16-31-30(23)34-27/h5-19H,1-4H3. The first-order valence-electron chi connectivity index (χ1n) is 11.9. The van der Waals surface area contributed by atoms with Crippen molar-refractivity contribution in [1.82, 2.24) is 14.5 Å². The zero-order valence-corrected chi connectivity index (χ0v) is 19.9. The fourth-order valence-corrected chi connectivity index (χ4v) is 4.97. The Morgan fingerprint density at radius 3 is 2.29 bits per heavy atom. The quantitative estimate of drug-likeness (QED) is 0.274. The lowest BCUT2D eigenvalue weighted by atomic mass is 9.92. The van der Waals surface area contributed by atoms with Crippen molar-refractivity contribution in [3.8, 4) is 17.1 Å². The van der Waals surface area contributed by atoms with Gasteiger partial charge in [-0.2, -0.15) is 0 Å². The van der Waals surface area contributed by atoms with Gasteiger partial charge in [-0.15, -0.1) is 0 Å². The molecule has 0 amide bonds. The van der Waals surface area contributed by atoms with Gasteiger partial charge in [0.25, 0.3) is 0 Å². The fraction of sp³-hybridized carbons (Fsp3) is 0.200. The molecule has 6 rings (SSSR count). The van der Waals surface area contributed by atoms with Crippen LogP contribution in [0.15, 0.2) is 83.4 Å². The molecule has 3 heterocycles. The summed E-state index contributed by atoms with van der Waals surface area (Å²) >= 11 is 0. The third-order valence-corrected chi connectivity index (χ3v) is 6.63. The van der Waals surface area contributed by atoms with Crippen LogP contribution in [0.5, 0.6) is 0 Å². The van der Waals surface area contributed by atoms with Crippen LogP contribution in [0.2, 0.25) is 0 Å². The molecule has 4 nitrogen and oxygen atoms in total. The van der Waals surface area contributed by atoms with Crippen LogP contribution in [0.25, 0.3) is 50.2 Å². The van der Waals surface area contributed by atoms with Gasteiger partial charge in [0.1, 0.15) is 11.4 Å². The monoisotopic (exact) mass is 445 g/mol. The van der Waals surface area contributed by atoms with Crippen molar-refractivity contribution in [1.29, 1.82) is 0 Å². The molecular weight excluding hydrogens is 418 g/mol. The van der Waals surface area contributed by atoms with Gasteiger partial charge < -0.3 is 4.42 Å². The van der Waals surface area contributed by atoms with Crippen LogP contribution < -0.4 is 0 Å². The van der Waals surface area contributed by atoms with Crippen LogP contribution in [0, 0.1) is 0 Å². The molecule has 0 saturated heterocycles. The maximum Gasteiger partial charge on any atom is 0.227 e. The Kier molecular flexibility index (Phi) is 4.77. The SMILES string of the molecule is CC(C)c1cccc(C(C)C)c1-n1c(-c2ccc3oc4ncccc4c3c2)nc2ccccc21. The number of hydrogen-bond acceptors (Lipinski definition) is 3. The number of imidazole rings is 1. The molecule has 0 unspecified atom stereocenters. The lowest BCUT2D eigenvalue weighted by Gasteiger charge is -2.22. The van der Waals surface area contributed by atoms with Gasteiger partial charge in [-0.25, -0.2) is 9.97 Å². The highest BCUT2D eigenvalue weighted by Gasteiger charge is 2.22. The van der Waals surface area contributed by atoms with Crippen LogP contribution in [-0.4, -0.2) is 14.5 Å². The molecule has 0 fully saturated rings. The van der Waals surface area contributed by atoms with E-state index < -0.39 is 0 Å². The molecule has 0 atom stereocenters. The van der Waals surface area contributed by atoms with Crippen molar-refractivity contribution in [2.24, 2.45) is 0 Å². The first-order chi connectivity index (χ1) is 16.5. The van der Waals surface area contributed by atoms with E-state index in [9.17, 15) is 0 Å². The number of para-hydroxylation sites is 3. The van der Waals surface area contributed by atoms with E-state index in [1.54, 1.807) is 6.20 Å². The molecule has 6 aromatic rings. The zero-order valence-electron chi connectivity index (χ0n) is 19.9. The van der Waals surface area contributed by atoms with Crippen LogP contribution in [0.1, 0.15) is 50.7 Å². The van der Waals surface area contributed by atoms with E-state index in [0.29, 0.717) is 17.5 Å². The number of fused-ring (bicyclic) bond motifs is 4.